The van der Waals surface area contributed by atoms with Crippen LogP contribution in [-0.2, 0) is 16.0 Å². The molecule has 2 amide bonds. The highest BCUT2D eigenvalue weighted by Gasteiger charge is 2.23. The van der Waals surface area contributed by atoms with E-state index in [2.05, 4.69) is 0 Å². The third kappa shape index (κ3) is 3.81. The van der Waals surface area contributed by atoms with E-state index in [9.17, 15) is 9.59 Å². The van der Waals surface area contributed by atoms with E-state index < -0.39 is 0 Å². The van der Waals surface area contributed by atoms with E-state index in [1.54, 1.807) is 9.80 Å². The van der Waals surface area contributed by atoms with Crippen LogP contribution in [0.2, 0.25) is 0 Å². The lowest BCUT2D eigenvalue weighted by molar-refractivity contribution is -0.139. The Kier molecular flexibility index (Phi) is 5.12. The van der Waals surface area contributed by atoms with Crippen molar-refractivity contribution >= 4 is 11.8 Å². The molecule has 0 saturated carbocycles. The summed E-state index contributed by atoms with van der Waals surface area (Å²) in [5, 5.41) is 8.76. The quantitative estimate of drug-likeness (QED) is 0.859. The molecule has 1 aliphatic rings. The molecule has 0 radical (unpaired) electrons. The molecule has 0 spiro atoms. The molecule has 1 N–H and O–H groups in total. The van der Waals surface area contributed by atoms with Crippen molar-refractivity contribution in [2.45, 2.75) is 12.8 Å². The zero-order chi connectivity index (χ0) is 14.4. The summed E-state index contributed by atoms with van der Waals surface area (Å²) < 4.78 is 0. The van der Waals surface area contributed by atoms with Gasteiger partial charge in [-0.15, -0.1) is 0 Å². The molecule has 1 fully saturated rings. The number of nitrogens with zero attached hydrogens (tertiary/aromatic N) is 2. The fraction of sp³-hybridized carbons (Fsp3) is 0.467. The first-order chi connectivity index (χ1) is 9.70. The van der Waals surface area contributed by atoms with Gasteiger partial charge in [0.25, 0.3) is 0 Å². The largest absolute Gasteiger partial charge is 0.396 e. The molecule has 0 atom stereocenters. The summed E-state index contributed by atoms with van der Waals surface area (Å²) in [6.07, 6.45) is 0.573. The van der Waals surface area contributed by atoms with E-state index in [1.165, 1.54) is 0 Å². The Labute approximate surface area is 118 Å². The van der Waals surface area contributed by atoms with E-state index in [1.807, 2.05) is 30.3 Å². The van der Waals surface area contributed by atoms with Crippen LogP contribution in [0.5, 0.6) is 0 Å². The van der Waals surface area contributed by atoms with Crippen LogP contribution in [0.25, 0.3) is 0 Å². The smallest absolute Gasteiger partial charge is 0.227 e. The highest BCUT2D eigenvalue weighted by atomic mass is 16.3. The number of hydrogen-bond acceptors (Lipinski definition) is 3. The number of carbonyl (C=O) groups is 2. The van der Waals surface area contributed by atoms with Crippen molar-refractivity contribution in [3.63, 3.8) is 0 Å². The lowest BCUT2D eigenvalue weighted by atomic mass is 10.1. The van der Waals surface area contributed by atoms with Crippen molar-refractivity contribution in [2.75, 3.05) is 32.8 Å². The summed E-state index contributed by atoms with van der Waals surface area (Å²) in [5.41, 5.74) is 1.01. The van der Waals surface area contributed by atoms with Gasteiger partial charge in [-0.25, -0.2) is 0 Å². The summed E-state index contributed by atoms with van der Waals surface area (Å²) in [4.78, 5) is 27.3. The van der Waals surface area contributed by atoms with Crippen molar-refractivity contribution in [1.82, 2.24) is 9.80 Å². The van der Waals surface area contributed by atoms with Gasteiger partial charge in [-0.05, 0) is 5.56 Å². The zero-order valence-electron chi connectivity index (χ0n) is 11.5. The minimum Gasteiger partial charge on any atom is -0.396 e. The minimum absolute atomic E-state index is 0.0392. The maximum absolute atomic E-state index is 12.2. The third-order valence-corrected chi connectivity index (χ3v) is 3.51. The van der Waals surface area contributed by atoms with Crippen LogP contribution in [0.4, 0.5) is 0 Å². The Bertz CT molecular complexity index is 453. The molecule has 0 aromatic heterocycles. The van der Waals surface area contributed by atoms with Gasteiger partial charge in [-0.2, -0.15) is 0 Å². The van der Waals surface area contributed by atoms with Crippen LogP contribution in [0.15, 0.2) is 30.3 Å². The number of aliphatic hydroxyl groups is 1. The predicted octanol–water partition coefficient (Wildman–Crippen LogP) is 0.282. The predicted molar refractivity (Wildman–Crippen MR) is 75.0 cm³/mol. The molecule has 1 aromatic rings. The number of amides is 2. The van der Waals surface area contributed by atoms with Gasteiger partial charge in [0.15, 0.2) is 0 Å². The first-order valence-electron chi connectivity index (χ1n) is 6.91. The van der Waals surface area contributed by atoms with Gasteiger partial charge in [-0.3, -0.25) is 9.59 Å². The molecule has 5 nitrogen and oxygen atoms in total. The van der Waals surface area contributed by atoms with Gasteiger partial charge < -0.3 is 14.9 Å². The van der Waals surface area contributed by atoms with Gasteiger partial charge in [0.2, 0.25) is 11.8 Å². The Balaban J connectivity index is 1.81. The fourth-order valence-corrected chi connectivity index (χ4v) is 2.34. The molecular formula is C15H20N2O3. The summed E-state index contributed by atoms with van der Waals surface area (Å²) in [5.74, 6) is 0.0631. The Morgan fingerprint density at radius 3 is 2.05 bits per heavy atom. The summed E-state index contributed by atoms with van der Waals surface area (Å²) in [6, 6.07) is 9.67. The minimum atomic E-state index is -0.119. The number of aliphatic hydroxyl groups excluding tert-OH is 1. The number of piperazine rings is 1. The van der Waals surface area contributed by atoms with Crippen molar-refractivity contribution in [2.24, 2.45) is 0 Å². The fourth-order valence-electron chi connectivity index (χ4n) is 2.34. The van der Waals surface area contributed by atoms with E-state index >= 15 is 0 Å². The van der Waals surface area contributed by atoms with Gasteiger partial charge in [-0.1, -0.05) is 30.3 Å². The van der Waals surface area contributed by atoms with Gasteiger partial charge in [0, 0.05) is 32.6 Å². The second-order valence-corrected chi connectivity index (χ2v) is 4.90. The molecule has 20 heavy (non-hydrogen) atoms. The van der Waals surface area contributed by atoms with E-state index in [0.717, 1.165) is 5.56 Å². The standard InChI is InChI=1S/C15H20N2O3/c18-11-6-14(19)16-7-9-17(10-8-16)15(20)12-13-4-2-1-3-5-13/h1-5,18H,6-12H2. The van der Waals surface area contributed by atoms with Crippen LogP contribution in [0.3, 0.4) is 0 Å². The molecule has 0 bridgehead atoms. The van der Waals surface area contributed by atoms with Crippen LogP contribution in [0.1, 0.15) is 12.0 Å². The van der Waals surface area contributed by atoms with Crippen LogP contribution >= 0.6 is 0 Å². The van der Waals surface area contributed by atoms with E-state index in [-0.39, 0.29) is 24.8 Å². The van der Waals surface area contributed by atoms with Crippen LogP contribution in [-0.4, -0.2) is 59.5 Å². The normalized spacial score (nSPS) is 15.2. The Hall–Kier alpha value is -1.88. The molecule has 1 saturated heterocycles. The second-order valence-electron chi connectivity index (χ2n) is 4.90. The Morgan fingerprint density at radius 1 is 0.950 bits per heavy atom. The lowest BCUT2D eigenvalue weighted by Gasteiger charge is -2.34. The molecule has 108 valence electrons. The van der Waals surface area contributed by atoms with E-state index in [4.69, 9.17) is 5.11 Å². The zero-order valence-corrected chi connectivity index (χ0v) is 11.5. The van der Waals surface area contributed by atoms with Crippen molar-refractivity contribution < 1.29 is 14.7 Å². The molecule has 0 unspecified atom stereocenters. The molecule has 0 aliphatic carbocycles. The number of carbonyl (C=O) groups excluding carboxylic acids is 2. The average molecular weight is 276 g/mol. The first kappa shape index (κ1) is 14.5. The van der Waals surface area contributed by atoms with Gasteiger partial charge in [0.1, 0.15) is 0 Å². The van der Waals surface area contributed by atoms with Crippen LogP contribution in [0, 0.1) is 0 Å². The Morgan fingerprint density at radius 2 is 1.50 bits per heavy atom. The molecule has 5 heteroatoms. The number of hydrogen-bond donors (Lipinski definition) is 1. The molecule has 1 aliphatic heterocycles. The van der Waals surface area contributed by atoms with Crippen LogP contribution < -0.4 is 0 Å². The van der Waals surface area contributed by atoms with Gasteiger partial charge >= 0.3 is 0 Å². The molecule has 1 aromatic carbocycles. The average Bonchev–Trinajstić information content (AvgIpc) is 2.48. The SMILES string of the molecule is O=C(CCO)N1CCN(C(=O)Cc2ccccc2)CC1. The second kappa shape index (κ2) is 7.05. The maximum Gasteiger partial charge on any atom is 0.227 e. The van der Waals surface area contributed by atoms with Crippen molar-refractivity contribution in [1.29, 1.82) is 0 Å². The molecule has 1 heterocycles. The first-order valence-corrected chi connectivity index (χ1v) is 6.91. The summed E-state index contributed by atoms with van der Waals surface area (Å²) >= 11 is 0. The van der Waals surface area contributed by atoms with Crippen molar-refractivity contribution in [3.05, 3.63) is 35.9 Å². The molecular weight excluding hydrogens is 256 g/mol. The van der Waals surface area contributed by atoms with Gasteiger partial charge in [0.05, 0.1) is 13.0 Å². The highest BCUT2D eigenvalue weighted by molar-refractivity contribution is 5.80. The summed E-state index contributed by atoms with van der Waals surface area (Å²) in [6.45, 7) is 2.14. The highest BCUT2D eigenvalue weighted by Crippen LogP contribution is 2.07. The molecule has 2 rings (SSSR count). The van der Waals surface area contributed by atoms with Crippen molar-refractivity contribution in [3.8, 4) is 0 Å². The maximum atomic E-state index is 12.2. The lowest BCUT2D eigenvalue weighted by Crippen LogP contribution is -2.51. The topological polar surface area (TPSA) is 60.9 Å². The monoisotopic (exact) mass is 276 g/mol. The third-order valence-electron chi connectivity index (χ3n) is 3.51. The summed E-state index contributed by atoms with van der Waals surface area (Å²) in [7, 11) is 0. The number of rotatable bonds is 4. The van der Waals surface area contributed by atoms with E-state index in [0.29, 0.717) is 32.6 Å². The number of benzene rings is 1.